The maximum absolute atomic E-state index is 12.2. The Morgan fingerprint density at radius 1 is 0.622 bits per heavy atom. The number of nitrogens with one attached hydrogen (secondary N) is 1. The number of unbranched alkanes of at least 4 members (excludes halogenated alkanes) is 19. The Kier molecular flexibility index (Phi) is 28.5. The van der Waals surface area contributed by atoms with Crippen LogP contribution in [0.5, 0.6) is 0 Å². The van der Waals surface area contributed by atoms with Crippen molar-refractivity contribution in [1.82, 2.24) is 5.32 Å². The second-order valence-corrected chi connectivity index (χ2v) is 10.9. The first-order valence-corrected chi connectivity index (χ1v) is 16.1. The summed E-state index contributed by atoms with van der Waals surface area (Å²) in [6.45, 7) is 4.26. The molecule has 0 bridgehead atoms. The molecule has 37 heavy (non-hydrogen) atoms. The van der Waals surface area contributed by atoms with Crippen LogP contribution in [-0.2, 0) is 4.79 Å². The molecular formula is C33H63NO3. The van der Waals surface area contributed by atoms with E-state index in [9.17, 15) is 15.0 Å². The van der Waals surface area contributed by atoms with Gasteiger partial charge in [0, 0.05) is 6.42 Å². The number of rotatable bonds is 28. The van der Waals surface area contributed by atoms with Gasteiger partial charge in [0.25, 0.3) is 0 Å². The van der Waals surface area contributed by atoms with Gasteiger partial charge in [0.05, 0.1) is 18.8 Å². The lowest BCUT2D eigenvalue weighted by Crippen LogP contribution is -2.45. The van der Waals surface area contributed by atoms with Crippen molar-refractivity contribution in [3.63, 3.8) is 0 Å². The van der Waals surface area contributed by atoms with E-state index < -0.39 is 12.1 Å². The number of carbonyl (C=O) groups is 1. The smallest absolute Gasteiger partial charge is 0.220 e. The molecule has 0 unspecified atom stereocenters. The van der Waals surface area contributed by atoms with Gasteiger partial charge in [-0.25, -0.2) is 0 Å². The van der Waals surface area contributed by atoms with E-state index in [0.717, 1.165) is 32.1 Å². The average Bonchev–Trinajstić information content (AvgIpc) is 2.90. The van der Waals surface area contributed by atoms with Gasteiger partial charge in [0.1, 0.15) is 0 Å². The second-order valence-electron chi connectivity index (χ2n) is 10.9. The molecular weight excluding hydrogens is 458 g/mol. The van der Waals surface area contributed by atoms with Crippen molar-refractivity contribution in [3.8, 4) is 0 Å². The molecule has 4 heteroatoms. The molecule has 0 aromatic heterocycles. The SMILES string of the molecule is CCCCCCCCCCC/C=C/CC/C=C/[C@@H](O)[C@H](CO)NC(=O)CCCCCCCCCCCC. The first kappa shape index (κ1) is 35.9. The van der Waals surface area contributed by atoms with Gasteiger partial charge >= 0.3 is 0 Å². The minimum Gasteiger partial charge on any atom is -0.394 e. The molecule has 0 spiro atoms. The van der Waals surface area contributed by atoms with Crippen LogP contribution < -0.4 is 5.32 Å². The van der Waals surface area contributed by atoms with Gasteiger partial charge in [-0.1, -0.05) is 147 Å². The molecule has 0 saturated heterocycles. The van der Waals surface area contributed by atoms with Crippen LogP contribution >= 0.6 is 0 Å². The Morgan fingerprint density at radius 3 is 1.57 bits per heavy atom. The Hall–Kier alpha value is -1.13. The molecule has 0 heterocycles. The molecule has 0 fully saturated rings. The lowest BCUT2D eigenvalue weighted by Gasteiger charge is -2.19. The third-order valence-electron chi connectivity index (χ3n) is 7.19. The molecule has 0 aromatic carbocycles. The van der Waals surface area contributed by atoms with Crippen molar-refractivity contribution in [3.05, 3.63) is 24.3 Å². The van der Waals surface area contributed by atoms with Crippen molar-refractivity contribution in [2.24, 2.45) is 0 Å². The van der Waals surface area contributed by atoms with Crippen LogP contribution in [0.3, 0.4) is 0 Å². The van der Waals surface area contributed by atoms with Crippen molar-refractivity contribution in [2.45, 2.75) is 174 Å². The Labute approximate surface area is 230 Å². The molecule has 4 nitrogen and oxygen atoms in total. The van der Waals surface area contributed by atoms with Crippen molar-refractivity contribution in [1.29, 1.82) is 0 Å². The molecule has 0 radical (unpaired) electrons. The molecule has 0 aromatic rings. The molecule has 0 aliphatic heterocycles. The van der Waals surface area contributed by atoms with Crippen molar-refractivity contribution < 1.29 is 15.0 Å². The number of hydrogen-bond acceptors (Lipinski definition) is 3. The number of hydrogen-bond donors (Lipinski definition) is 3. The van der Waals surface area contributed by atoms with Crippen LogP contribution in [0.2, 0.25) is 0 Å². The van der Waals surface area contributed by atoms with Crippen LogP contribution in [0.25, 0.3) is 0 Å². The van der Waals surface area contributed by atoms with Crippen molar-refractivity contribution in [2.75, 3.05) is 6.61 Å². The third kappa shape index (κ3) is 26.3. The van der Waals surface area contributed by atoms with E-state index in [1.807, 2.05) is 6.08 Å². The highest BCUT2D eigenvalue weighted by molar-refractivity contribution is 5.76. The molecule has 218 valence electrons. The van der Waals surface area contributed by atoms with Crippen molar-refractivity contribution >= 4 is 5.91 Å². The lowest BCUT2D eigenvalue weighted by atomic mass is 10.1. The van der Waals surface area contributed by atoms with E-state index in [0.29, 0.717) is 6.42 Å². The van der Waals surface area contributed by atoms with E-state index in [2.05, 4.69) is 31.3 Å². The summed E-state index contributed by atoms with van der Waals surface area (Å²) in [6.07, 6.45) is 35.4. The topological polar surface area (TPSA) is 69.6 Å². The lowest BCUT2D eigenvalue weighted by molar-refractivity contribution is -0.123. The van der Waals surface area contributed by atoms with E-state index in [4.69, 9.17) is 0 Å². The number of aliphatic hydroxyl groups excluding tert-OH is 2. The minimum atomic E-state index is -0.854. The number of aliphatic hydroxyl groups is 2. The molecule has 0 rings (SSSR count). The van der Waals surface area contributed by atoms with Gasteiger partial charge < -0.3 is 15.5 Å². The average molecular weight is 522 g/mol. The van der Waals surface area contributed by atoms with Gasteiger partial charge in [-0.3, -0.25) is 4.79 Å². The fourth-order valence-corrected chi connectivity index (χ4v) is 4.66. The first-order chi connectivity index (χ1) is 18.2. The van der Waals surface area contributed by atoms with Crippen LogP contribution in [0, 0.1) is 0 Å². The van der Waals surface area contributed by atoms with Crippen LogP contribution in [0.1, 0.15) is 162 Å². The molecule has 0 aliphatic carbocycles. The fourth-order valence-electron chi connectivity index (χ4n) is 4.66. The predicted molar refractivity (Wildman–Crippen MR) is 161 cm³/mol. The minimum absolute atomic E-state index is 0.0782. The summed E-state index contributed by atoms with van der Waals surface area (Å²) >= 11 is 0. The summed E-state index contributed by atoms with van der Waals surface area (Å²) in [5.41, 5.74) is 0. The van der Waals surface area contributed by atoms with Gasteiger partial charge in [0.2, 0.25) is 5.91 Å². The van der Waals surface area contributed by atoms with Crippen LogP contribution in [-0.4, -0.2) is 34.9 Å². The second kappa shape index (κ2) is 29.4. The van der Waals surface area contributed by atoms with Gasteiger partial charge in [0.15, 0.2) is 0 Å². The number of carbonyl (C=O) groups excluding carboxylic acids is 1. The van der Waals surface area contributed by atoms with E-state index in [1.54, 1.807) is 6.08 Å². The molecule has 1 amide bonds. The normalized spacial score (nSPS) is 13.5. The highest BCUT2D eigenvalue weighted by Crippen LogP contribution is 2.12. The van der Waals surface area contributed by atoms with Crippen LogP contribution in [0.15, 0.2) is 24.3 Å². The van der Waals surface area contributed by atoms with Gasteiger partial charge in [-0.15, -0.1) is 0 Å². The monoisotopic (exact) mass is 521 g/mol. The number of amides is 1. The van der Waals surface area contributed by atoms with E-state index in [-0.39, 0.29) is 12.5 Å². The maximum atomic E-state index is 12.2. The Morgan fingerprint density at radius 2 is 1.05 bits per heavy atom. The Balaban J connectivity index is 3.72. The summed E-state index contributed by atoms with van der Waals surface area (Å²) in [5.74, 6) is -0.0782. The van der Waals surface area contributed by atoms with Gasteiger partial charge in [-0.2, -0.15) is 0 Å². The quantitative estimate of drug-likeness (QED) is 0.0711. The summed E-state index contributed by atoms with van der Waals surface area (Å²) < 4.78 is 0. The molecule has 2 atom stereocenters. The zero-order chi connectivity index (χ0) is 27.2. The largest absolute Gasteiger partial charge is 0.394 e. The first-order valence-electron chi connectivity index (χ1n) is 16.1. The zero-order valence-electron chi connectivity index (χ0n) is 24.7. The summed E-state index contributed by atoms with van der Waals surface area (Å²) in [5, 5.41) is 22.7. The Bertz CT molecular complexity index is 532. The van der Waals surface area contributed by atoms with Gasteiger partial charge in [-0.05, 0) is 32.1 Å². The maximum Gasteiger partial charge on any atom is 0.220 e. The summed E-state index contributed by atoms with van der Waals surface area (Å²) in [6, 6.07) is -0.631. The summed E-state index contributed by atoms with van der Waals surface area (Å²) in [7, 11) is 0. The highest BCUT2D eigenvalue weighted by Gasteiger charge is 2.17. The fraction of sp³-hybridized carbons (Fsp3) is 0.848. The van der Waals surface area contributed by atoms with E-state index in [1.165, 1.54) is 109 Å². The van der Waals surface area contributed by atoms with E-state index >= 15 is 0 Å². The third-order valence-corrected chi connectivity index (χ3v) is 7.19. The zero-order valence-corrected chi connectivity index (χ0v) is 24.7. The highest BCUT2D eigenvalue weighted by atomic mass is 16.3. The standard InChI is InChI=1S/C33H63NO3/c1-3-5-7-9-11-13-15-16-17-18-19-20-22-24-26-28-32(36)31(30-35)34-33(37)29-27-25-23-21-14-12-10-8-6-4-2/h19-20,26,28,31-32,35-36H,3-18,21-25,27,29-30H2,1-2H3,(H,34,37)/b20-19+,28-26+/t31-,32+/m0/s1. The molecule has 0 saturated carbocycles. The summed E-state index contributed by atoms with van der Waals surface area (Å²) in [4.78, 5) is 12.2. The number of allylic oxidation sites excluding steroid dienone is 3. The predicted octanol–water partition coefficient (Wildman–Crippen LogP) is 8.95. The van der Waals surface area contributed by atoms with Crippen LogP contribution in [0.4, 0.5) is 0 Å². The molecule has 0 aliphatic rings. The molecule has 3 N–H and O–H groups in total.